The van der Waals surface area contributed by atoms with E-state index in [0.717, 1.165) is 61.6 Å². The van der Waals surface area contributed by atoms with E-state index in [4.69, 9.17) is 14.9 Å². The van der Waals surface area contributed by atoms with E-state index in [-0.39, 0.29) is 6.10 Å². The zero-order chi connectivity index (χ0) is 17.1. The molecule has 2 aliphatic rings. The highest BCUT2D eigenvalue weighted by Gasteiger charge is 2.23. The molecular formula is C20H26N2O2. The summed E-state index contributed by atoms with van der Waals surface area (Å²) in [6, 6.07) is 6.11. The molecule has 1 saturated heterocycles. The smallest absolute Gasteiger partial charge is 0.123 e. The van der Waals surface area contributed by atoms with Gasteiger partial charge in [-0.25, -0.2) is 0 Å². The number of likely N-dealkylation sites (tertiary alicyclic amines) is 1. The van der Waals surface area contributed by atoms with Gasteiger partial charge >= 0.3 is 0 Å². The third kappa shape index (κ3) is 3.81. The van der Waals surface area contributed by atoms with Gasteiger partial charge < -0.3 is 14.4 Å². The van der Waals surface area contributed by atoms with Gasteiger partial charge in [-0.15, -0.1) is 0 Å². The summed E-state index contributed by atoms with van der Waals surface area (Å²) in [4.78, 5) is 2.13. The molecule has 0 bridgehead atoms. The van der Waals surface area contributed by atoms with Crippen LogP contribution in [0.4, 0.5) is 0 Å². The van der Waals surface area contributed by atoms with Gasteiger partial charge in [-0.05, 0) is 37.6 Å². The number of fused-ring (bicyclic) bond motifs is 1. The molecule has 0 saturated carbocycles. The zero-order valence-electron chi connectivity index (χ0n) is 14.6. The molecule has 3 rings (SSSR count). The maximum atomic E-state index is 8.31. The molecule has 24 heavy (non-hydrogen) atoms. The summed E-state index contributed by atoms with van der Waals surface area (Å²) in [6.45, 7) is 10.3. The normalized spacial score (nSPS) is 18.1. The van der Waals surface area contributed by atoms with Gasteiger partial charge in [-0.2, -0.15) is 0 Å². The largest absolute Gasteiger partial charge is 0.493 e. The Labute approximate surface area is 144 Å². The topological polar surface area (TPSA) is 45.6 Å². The number of nitrogens with one attached hydrogen (secondary N) is 1. The van der Waals surface area contributed by atoms with E-state index in [1.165, 1.54) is 5.56 Å². The maximum absolute atomic E-state index is 8.31. The first-order valence-corrected chi connectivity index (χ1v) is 8.63. The minimum atomic E-state index is 0.222. The van der Waals surface area contributed by atoms with Gasteiger partial charge in [-0.3, -0.25) is 5.41 Å². The quantitative estimate of drug-likeness (QED) is 0.517. The molecule has 0 aliphatic carbocycles. The number of ether oxygens (including phenoxy) is 2. The Balaban J connectivity index is 1.54. The van der Waals surface area contributed by atoms with Crippen LogP contribution in [0.1, 0.15) is 32.3 Å². The molecule has 0 spiro atoms. The van der Waals surface area contributed by atoms with Crippen molar-refractivity contribution in [2.45, 2.75) is 39.2 Å². The van der Waals surface area contributed by atoms with E-state index < -0.39 is 0 Å². The van der Waals surface area contributed by atoms with Gasteiger partial charge in [0.2, 0.25) is 0 Å². The first-order chi connectivity index (χ1) is 11.5. The first kappa shape index (κ1) is 16.6. The molecule has 128 valence electrons. The van der Waals surface area contributed by atoms with Crippen molar-refractivity contribution < 1.29 is 9.47 Å². The summed E-state index contributed by atoms with van der Waals surface area (Å²) in [5.41, 5.74) is 3.20. The minimum Gasteiger partial charge on any atom is -0.493 e. The van der Waals surface area contributed by atoms with Crippen molar-refractivity contribution in [1.82, 2.24) is 4.90 Å². The van der Waals surface area contributed by atoms with E-state index in [2.05, 4.69) is 17.5 Å². The highest BCUT2D eigenvalue weighted by atomic mass is 16.5. The average molecular weight is 326 g/mol. The molecule has 0 unspecified atom stereocenters. The lowest BCUT2D eigenvalue weighted by atomic mass is 10.1. The lowest BCUT2D eigenvalue weighted by Gasteiger charge is -2.34. The van der Waals surface area contributed by atoms with Gasteiger partial charge in [0.05, 0.1) is 6.61 Å². The number of piperidine rings is 1. The molecule has 1 aromatic carbocycles. The SMILES string of the molecule is C=C(C)/C=C(/C)C(=N)N1CCC(Oc2ccc3c(c2)CCO3)CC1. The van der Waals surface area contributed by atoms with Crippen molar-refractivity contribution in [3.8, 4) is 11.5 Å². The van der Waals surface area contributed by atoms with Gasteiger partial charge in [0.25, 0.3) is 0 Å². The number of allylic oxidation sites excluding steroid dienone is 2. The van der Waals surface area contributed by atoms with Crippen molar-refractivity contribution in [1.29, 1.82) is 5.41 Å². The van der Waals surface area contributed by atoms with Crippen LogP contribution in [0.25, 0.3) is 0 Å². The second-order valence-corrected chi connectivity index (χ2v) is 6.69. The molecule has 2 heterocycles. The highest BCUT2D eigenvalue weighted by molar-refractivity contribution is 5.95. The number of hydrogen-bond donors (Lipinski definition) is 1. The van der Waals surface area contributed by atoms with Crippen molar-refractivity contribution >= 4 is 5.84 Å². The molecule has 2 aliphatic heterocycles. The number of nitrogens with zero attached hydrogens (tertiary/aromatic N) is 1. The Morgan fingerprint density at radius 1 is 1.33 bits per heavy atom. The molecule has 1 N–H and O–H groups in total. The second-order valence-electron chi connectivity index (χ2n) is 6.69. The van der Waals surface area contributed by atoms with E-state index in [0.29, 0.717) is 5.84 Å². The molecule has 0 radical (unpaired) electrons. The van der Waals surface area contributed by atoms with Gasteiger partial charge in [0.1, 0.15) is 23.4 Å². The number of hydrogen-bond acceptors (Lipinski definition) is 3. The fourth-order valence-electron chi connectivity index (χ4n) is 3.31. The predicted octanol–water partition coefficient (Wildman–Crippen LogP) is 3.96. The average Bonchev–Trinajstić information content (AvgIpc) is 3.02. The van der Waals surface area contributed by atoms with Crippen LogP contribution in [0.5, 0.6) is 11.5 Å². The van der Waals surface area contributed by atoms with Crippen LogP contribution in [0.15, 0.2) is 42.0 Å². The van der Waals surface area contributed by atoms with Gasteiger partial charge in [0, 0.05) is 37.9 Å². The number of benzene rings is 1. The van der Waals surface area contributed by atoms with Crippen LogP contribution < -0.4 is 9.47 Å². The van der Waals surface area contributed by atoms with Gasteiger partial charge in [0.15, 0.2) is 0 Å². The second kappa shape index (κ2) is 7.12. The highest BCUT2D eigenvalue weighted by Crippen LogP contribution is 2.30. The minimum absolute atomic E-state index is 0.222. The lowest BCUT2D eigenvalue weighted by Crippen LogP contribution is -2.41. The summed E-state index contributed by atoms with van der Waals surface area (Å²) >= 11 is 0. The number of amidine groups is 1. The van der Waals surface area contributed by atoms with Gasteiger partial charge in [-0.1, -0.05) is 18.2 Å². The summed E-state index contributed by atoms with van der Waals surface area (Å²) in [7, 11) is 0. The van der Waals surface area contributed by atoms with Crippen molar-refractivity contribution in [2.75, 3.05) is 19.7 Å². The fourth-order valence-corrected chi connectivity index (χ4v) is 3.31. The monoisotopic (exact) mass is 326 g/mol. The Morgan fingerprint density at radius 3 is 2.79 bits per heavy atom. The standard InChI is InChI=1S/C20H26N2O2/c1-14(2)12-15(3)20(21)22-9-6-17(7-10-22)24-18-4-5-19-16(13-18)8-11-23-19/h4-5,12-13,17,21H,1,6-11H2,2-3H3/b15-12-,21-20?. The van der Waals surface area contributed by atoms with Crippen LogP contribution in [0, 0.1) is 5.41 Å². The summed E-state index contributed by atoms with van der Waals surface area (Å²) in [5, 5.41) is 8.31. The molecule has 0 amide bonds. The number of rotatable bonds is 4. The van der Waals surface area contributed by atoms with Crippen LogP contribution in [-0.4, -0.2) is 36.5 Å². The Hall–Kier alpha value is -2.23. The Morgan fingerprint density at radius 2 is 2.08 bits per heavy atom. The first-order valence-electron chi connectivity index (χ1n) is 8.63. The zero-order valence-corrected chi connectivity index (χ0v) is 14.6. The third-order valence-electron chi connectivity index (χ3n) is 4.56. The van der Waals surface area contributed by atoms with Crippen LogP contribution in [0.3, 0.4) is 0 Å². The van der Waals surface area contributed by atoms with Crippen molar-refractivity contribution in [2.24, 2.45) is 0 Å². The third-order valence-corrected chi connectivity index (χ3v) is 4.56. The molecule has 0 atom stereocenters. The fraction of sp³-hybridized carbons (Fsp3) is 0.450. The predicted molar refractivity (Wildman–Crippen MR) is 97.2 cm³/mol. The van der Waals surface area contributed by atoms with Crippen LogP contribution >= 0.6 is 0 Å². The summed E-state index contributed by atoms with van der Waals surface area (Å²) < 4.78 is 11.7. The molecule has 4 heteroatoms. The maximum Gasteiger partial charge on any atom is 0.123 e. The Bertz CT molecular complexity index is 670. The van der Waals surface area contributed by atoms with E-state index >= 15 is 0 Å². The molecule has 1 fully saturated rings. The van der Waals surface area contributed by atoms with E-state index in [1.54, 1.807) is 0 Å². The van der Waals surface area contributed by atoms with Crippen LogP contribution in [0.2, 0.25) is 0 Å². The lowest BCUT2D eigenvalue weighted by molar-refractivity contribution is 0.131. The molecule has 1 aromatic rings. The molecule has 0 aromatic heterocycles. The van der Waals surface area contributed by atoms with E-state index in [9.17, 15) is 0 Å². The molecular weight excluding hydrogens is 300 g/mol. The van der Waals surface area contributed by atoms with Crippen molar-refractivity contribution in [3.05, 3.63) is 47.6 Å². The van der Waals surface area contributed by atoms with Crippen LogP contribution in [-0.2, 0) is 6.42 Å². The van der Waals surface area contributed by atoms with E-state index in [1.807, 2.05) is 32.1 Å². The Kier molecular flexibility index (Phi) is 4.93. The van der Waals surface area contributed by atoms with Crippen molar-refractivity contribution in [3.63, 3.8) is 0 Å². The molecule has 4 nitrogen and oxygen atoms in total. The summed E-state index contributed by atoms with van der Waals surface area (Å²) in [6.07, 6.45) is 5.04. The summed E-state index contributed by atoms with van der Waals surface area (Å²) in [5.74, 6) is 2.53.